The summed E-state index contributed by atoms with van der Waals surface area (Å²) in [4.78, 5) is 53.3. The van der Waals surface area contributed by atoms with E-state index in [0.717, 1.165) is 0 Å². The third-order valence-electron chi connectivity index (χ3n) is 7.36. The summed E-state index contributed by atoms with van der Waals surface area (Å²) >= 11 is 0. The van der Waals surface area contributed by atoms with Crippen molar-refractivity contribution in [3.63, 3.8) is 0 Å². The first-order valence-electron chi connectivity index (χ1n) is 14.6. The fourth-order valence-corrected chi connectivity index (χ4v) is 4.84. The predicted molar refractivity (Wildman–Crippen MR) is 164 cm³/mol. The molecule has 4 rings (SSSR count). The highest BCUT2D eigenvalue weighted by Gasteiger charge is 2.24. The van der Waals surface area contributed by atoms with Gasteiger partial charge in [0.05, 0.1) is 31.8 Å². The van der Waals surface area contributed by atoms with Gasteiger partial charge in [-0.15, -0.1) is 0 Å². The Labute approximate surface area is 255 Å². The fourth-order valence-electron chi connectivity index (χ4n) is 4.84. The van der Waals surface area contributed by atoms with Gasteiger partial charge in [-0.3, -0.25) is 28.5 Å². The lowest BCUT2D eigenvalue weighted by Gasteiger charge is -2.21. The second-order valence-corrected chi connectivity index (χ2v) is 11.0. The number of esters is 1. The van der Waals surface area contributed by atoms with Crippen molar-refractivity contribution in [1.29, 1.82) is 0 Å². The summed E-state index contributed by atoms with van der Waals surface area (Å²) < 4.78 is 19.1. The van der Waals surface area contributed by atoms with Gasteiger partial charge in [-0.1, -0.05) is 27.7 Å². The Balaban J connectivity index is 1.44. The molecule has 0 radical (unpaired) electrons. The first-order chi connectivity index (χ1) is 21.0. The van der Waals surface area contributed by atoms with E-state index >= 15 is 0 Å². The normalized spacial score (nSPS) is 11.4. The maximum atomic E-state index is 13.3. The molecule has 234 valence electrons. The molecule has 2 heterocycles. The Morgan fingerprint density at radius 2 is 1.25 bits per heavy atom. The number of likely N-dealkylation sites (N-methyl/N-ethyl adjacent to an activating group) is 1. The molecule has 0 saturated carbocycles. The van der Waals surface area contributed by atoms with Crippen LogP contribution in [0.25, 0.3) is 21.8 Å². The third kappa shape index (κ3) is 6.74. The second-order valence-electron chi connectivity index (χ2n) is 11.0. The summed E-state index contributed by atoms with van der Waals surface area (Å²) in [7, 11) is 3.08. The molecule has 4 aromatic rings. The molecule has 2 aromatic carbocycles. The SMILES string of the molecule is CCN(CCOC(=O)Cn1nc(C(=O)C(C)C)c2ccc(OC)cc21)C(=O)Cn1nc(C(=O)C(C)C)c2ccc(OC)cc21. The molecule has 0 atom stereocenters. The van der Waals surface area contributed by atoms with E-state index in [9.17, 15) is 19.2 Å². The summed E-state index contributed by atoms with van der Waals surface area (Å²) in [5.41, 5.74) is 1.79. The van der Waals surface area contributed by atoms with Gasteiger partial charge >= 0.3 is 5.97 Å². The van der Waals surface area contributed by atoms with Crippen molar-refractivity contribution in [2.24, 2.45) is 11.8 Å². The standard InChI is InChI=1S/C32H39N5O7/c1-8-35(27(38)17-36-25-15-21(42-6)9-11-23(25)29(33-36)31(40)19(2)3)13-14-44-28(39)18-37-26-16-22(43-7)10-12-24(26)30(34-37)32(41)20(4)5/h9-12,15-16,19-20H,8,13-14,17-18H2,1-7H3. The van der Waals surface area contributed by atoms with E-state index in [0.29, 0.717) is 45.5 Å². The van der Waals surface area contributed by atoms with Crippen LogP contribution in [-0.2, 0) is 27.4 Å². The molecule has 12 heteroatoms. The van der Waals surface area contributed by atoms with Crippen molar-refractivity contribution in [3.8, 4) is 11.5 Å². The Morgan fingerprint density at radius 3 is 1.68 bits per heavy atom. The zero-order chi connectivity index (χ0) is 32.1. The number of amides is 1. The number of ketones is 2. The molecule has 12 nitrogen and oxygen atoms in total. The number of nitrogens with zero attached hydrogens (tertiary/aromatic N) is 5. The Hall–Kier alpha value is -4.74. The smallest absolute Gasteiger partial charge is 0.327 e. The minimum atomic E-state index is -0.564. The van der Waals surface area contributed by atoms with Crippen LogP contribution in [0, 0.1) is 11.8 Å². The number of Topliss-reactive ketones (excluding diaryl/α,β-unsaturated/α-hetero) is 2. The molecule has 2 aromatic heterocycles. The van der Waals surface area contributed by atoms with Gasteiger partial charge in [-0.2, -0.15) is 10.2 Å². The van der Waals surface area contributed by atoms with E-state index in [2.05, 4.69) is 10.2 Å². The van der Waals surface area contributed by atoms with Crippen molar-refractivity contribution in [3.05, 3.63) is 47.8 Å². The lowest BCUT2D eigenvalue weighted by atomic mass is 10.0. The fraction of sp³-hybridized carbons (Fsp3) is 0.438. The number of methoxy groups -OCH3 is 2. The van der Waals surface area contributed by atoms with Gasteiger partial charge in [0.1, 0.15) is 42.6 Å². The van der Waals surface area contributed by atoms with E-state index in [1.54, 1.807) is 76.1 Å². The number of rotatable bonds is 14. The maximum Gasteiger partial charge on any atom is 0.327 e. The number of aromatic nitrogens is 4. The van der Waals surface area contributed by atoms with Crippen LogP contribution in [0.2, 0.25) is 0 Å². The summed E-state index contributed by atoms with van der Waals surface area (Å²) in [5.74, 6) is -0.437. The van der Waals surface area contributed by atoms with Gasteiger partial charge in [-0.05, 0) is 31.2 Å². The molecule has 0 bridgehead atoms. The summed E-state index contributed by atoms with van der Waals surface area (Å²) in [6.45, 7) is 9.19. The number of carbonyl (C=O) groups is 4. The van der Waals surface area contributed by atoms with Crippen LogP contribution >= 0.6 is 0 Å². The monoisotopic (exact) mass is 605 g/mol. The van der Waals surface area contributed by atoms with E-state index in [1.807, 2.05) is 6.92 Å². The van der Waals surface area contributed by atoms with Crippen molar-refractivity contribution in [2.75, 3.05) is 33.9 Å². The molecule has 0 aliphatic heterocycles. The molecule has 0 saturated heterocycles. The number of ether oxygens (including phenoxy) is 3. The van der Waals surface area contributed by atoms with Gasteiger partial charge < -0.3 is 19.1 Å². The Morgan fingerprint density at radius 1 is 0.773 bits per heavy atom. The van der Waals surface area contributed by atoms with Crippen LogP contribution in [0.1, 0.15) is 55.6 Å². The quantitative estimate of drug-likeness (QED) is 0.153. The molecular weight excluding hydrogens is 566 g/mol. The minimum absolute atomic E-state index is 0.0382. The van der Waals surface area contributed by atoms with Crippen LogP contribution < -0.4 is 9.47 Å². The summed E-state index contributed by atoms with van der Waals surface area (Å²) in [6, 6.07) is 10.5. The molecule has 0 aliphatic carbocycles. The van der Waals surface area contributed by atoms with Crippen molar-refractivity contribution in [1.82, 2.24) is 24.5 Å². The van der Waals surface area contributed by atoms with Gasteiger partial charge in [0.2, 0.25) is 5.91 Å². The van der Waals surface area contributed by atoms with Gasteiger partial charge in [0.25, 0.3) is 0 Å². The van der Waals surface area contributed by atoms with Crippen molar-refractivity contribution in [2.45, 2.75) is 47.7 Å². The number of hydrogen-bond donors (Lipinski definition) is 0. The van der Waals surface area contributed by atoms with E-state index in [1.165, 1.54) is 16.5 Å². The van der Waals surface area contributed by atoms with Crippen LogP contribution in [0.15, 0.2) is 36.4 Å². The predicted octanol–water partition coefficient (Wildman–Crippen LogP) is 4.17. The second kappa shape index (κ2) is 13.7. The average Bonchev–Trinajstić information content (AvgIpc) is 3.55. The first-order valence-corrected chi connectivity index (χ1v) is 14.6. The Bertz CT molecular complexity index is 1700. The van der Waals surface area contributed by atoms with Crippen LogP contribution in [0.4, 0.5) is 0 Å². The highest BCUT2D eigenvalue weighted by atomic mass is 16.5. The summed E-state index contributed by atoms with van der Waals surface area (Å²) in [5, 5.41) is 10.2. The van der Waals surface area contributed by atoms with Gasteiger partial charge in [0.15, 0.2) is 11.6 Å². The molecule has 1 amide bonds. The molecule has 0 N–H and O–H groups in total. The number of hydrogen-bond acceptors (Lipinski definition) is 9. The highest BCUT2D eigenvalue weighted by Crippen LogP contribution is 2.27. The van der Waals surface area contributed by atoms with Crippen LogP contribution in [0.5, 0.6) is 11.5 Å². The lowest BCUT2D eigenvalue weighted by molar-refractivity contribution is -0.146. The van der Waals surface area contributed by atoms with E-state index < -0.39 is 5.97 Å². The zero-order valence-corrected chi connectivity index (χ0v) is 26.2. The van der Waals surface area contributed by atoms with Crippen molar-refractivity contribution >= 4 is 45.2 Å². The minimum Gasteiger partial charge on any atom is -0.497 e. The van der Waals surface area contributed by atoms with Crippen LogP contribution in [0.3, 0.4) is 0 Å². The molecule has 0 fully saturated rings. The molecule has 0 aliphatic rings. The molecule has 0 unspecified atom stereocenters. The average molecular weight is 606 g/mol. The zero-order valence-electron chi connectivity index (χ0n) is 26.2. The number of fused-ring (bicyclic) bond motifs is 2. The molecular formula is C32H39N5O7. The largest absolute Gasteiger partial charge is 0.497 e. The number of benzene rings is 2. The lowest BCUT2D eigenvalue weighted by Crippen LogP contribution is -2.37. The van der Waals surface area contributed by atoms with Gasteiger partial charge in [0, 0.05) is 41.3 Å². The maximum absolute atomic E-state index is 13.3. The van der Waals surface area contributed by atoms with E-state index in [4.69, 9.17) is 14.2 Å². The summed E-state index contributed by atoms with van der Waals surface area (Å²) in [6.07, 6.45) is 0. The van der Waals surface area contributed by atoms with Crippen LogP contribution in [-0.4, -0.2) is 81.8 Å². The number of carbonyl (C=O) groups excluding carboxylic acids is 4. The van der Waals surface area contributed by atoms with Crippen molar-refractivity contribution < 1.29 is 33.4 Å². The van der Waals surface area contributed by atoms with Gasteiger partial charge in [-0.25, -0.2) is 0 Å². The van der Waals surface area contributed by atoms with E-state index in [-0.39, 0.29) is 61.2 Å². The Kier molecular flexibility index (Phi) is 10.0. The third-order valence-corrected chi connectivity index (χ3v) is 7.36. The highest BCUT2D eigenvalue weighted by molar-refractivity contribution is 6.08. The first kappa shape index (κ1) is 32.2. The molecule has 0 spiro atoms. The molecule has 44 heavy (non-hydrogen) atoms. The topological polar surface area (TPSA) is 135 Å².